The van der Waals surface area contributed by atoms with Gasteiger partial charge >= 0.3 is 5.97 Å². The van der Waals surface area contributed by atoms with Crippen LogP contribution in [0.5, 0.6) is 0 Å². The van der Waals surface area contributed by atoms with Gasteiger partial charge in [-0.3, -0.25) is 4.79 Å². The molecule has 0 amide bonds. The van der Waals surface area contributed by atoms with Crippen molar-refractivity contribution in [1.82, 2.24) is 0 Å². The summed E-state index contributed by atoms with van der Waals surface area (Å²) in [7, 11) is 0. The van der Waals surface area contributed by atoms with E-state index in [1.807, 2.05) is 6.92 Å². The summed E-state index contributed by atoms with van der Waals surface area (Å²) in [5.74, 6) is -2.24. The highest BCUT2D eigenvalue weighted by Crippen LogP contribution is 2.64. The largest absolute Gasteiger partial charge is 0.459 e. The molecule has 6 nitrogen and oxygen atoms in total. The highest BCUT2D eigenvalue weighted by molar-refractivity contribution is 5.69. The molecule has 0 radical (unpaired) electrons. The lowest BCUT2D eigenvalue weighted by Crippen LogP contribution is -2.69. The van der Waals surface area contributed by atoms with Gasteiger partial charge in [-0.2, -0.15) is 0 Å². The summed E-state index contributed by atoms with van der Waals surface area (Å²) >= 11 is 0. The van der Waals surface area contributed by atoms with Crippen molar-refractivity contribution in [2.45, 2.75) is 114 Å². The molecule has 31 heavy (non-hydrogen) atoms. The summed E-state index contributed by atoms with van der Waals surface area (Å²) in [6.07, 6.45) is 8.87. The minimum atomic E-state index is -1.69. The van der Waals surface area contributed by atoms with E-state index in [0.29, 0.717) is 18.4 Å². The van der Waals surface area contributed by atoms with Gasteiger partial charge in [-0.1, -0.05) is 59.0 Å². The van der Waals surface area contributed by atoms with Crippen LogP contribution in [-0.4, -0.2) is 52.0 Å². The van der Waals surface area contributed by atoms with Crippen LogP contribution in [0.4, 0.5) is 0 Å². The average molecular weight is 437 g/mol. The zero-order chi connectivity index (χ0) is 22.4. The second-order valence-corrected chi connectivity index (χ2v) is 10.6. The molecule has 0 aromatic heterocycles. The van der Waals surface area contributed by atoms with Gasteiger partial charge in [-0.15, -0.1) is 0 Å². The number of aliphatic hydroxyl groups is 2. The van der Waals surface area contributed by atoms with Gasteiger partial charge < -0.3 is 24.4 Å². The number of fused-ring (bicyclic) bond motifs is 4. The second kappa shape index (κ2) is 8.44. The monoisotopic (exact) mass is 436 g/mol. The van der Waals surface area contributed by atoms with Gasteiger partial charge in [0.05, 0.1) is 12.7 Å². The molecule has 0 bridgehead atoms. The number of hydrogen-bond acceptors (Lipinski definition) is 6. The maximum absolute atomic E-state index is 12.8. The van der Waals surface area contributed by atoms with Crippen LogP contribution in [0.15, 0.2) is 12.2 Å². The van der Waals surface area contributed by atoms with E-state index in [1.165, 1.54) is 25.7 Å². The predicted molar refractivity (Wildman–Crippen MR) is 116 cm³/mol. The van der Waals surface area contributed by atoms with Gasteiger partial charge in [-0.25, -0.2) is 0 Å². The van der Waals surface area contributed by atoms with E-state index in [4.69, 9.17) is 14.2 Å². The first kappa shape index (κ1) is 23.2. The van der Waals surface area contributed by atoms with E-state index in [1.54, 1.807) is 0 Å². The molecule has 0 aromatic carbocycles. The van der Waals surface area contributed by atoms with Crippen LogP contribution in [-0.2, 0) is 19.0 Å². The number of epoxide rings is 1. The number of unbranched alkanes of at least 4 members (excludes halogenated alkanes) is 6. The first-order chi connectivity index (χ1) is 14.7. The third-order valence-electron chi connectivity index (χ3n) is 8.49. The van der Waals surface area contributed by atoms with Crippen LogP contribution in [0.3, 0.4) is 0 Å². The van der Waals surface area contributed by atoms with Crippen molar-refractivity contribution in [2.75, 3.05) is 6.61 Å². The van der Waals surface area contributed by atoms with E-state index >= 15 is 0 Å². The zero-order valence-corrected chi connectivity index (χ0v) is 19.4. The third-order valence-corrected chi connectivity index (χ3v) is 8.49. The number of esters is 1. The number of carbonyl (C=O) groups is 1. The van der Waals surface area contributed by atoms with Crippen molar-refractivity contribution in [1.29, 1.82) is 0 Å². The summed E-state index contributed by atoms with van der Waals surface area (Å²) in [6.45, 7) is 10.4. The molecule has 4 aliphatic rings. The zero-order valence-electron chi connectivity index (χ0n) is 19.4. The molecule has 8 unspecified atom stereocenters. The molecule has 2 aliphatic heterocycles. The fourth-order valence-corrected chi connectivity index (χ4v) is 6.51. The minimum absolute atomic E-state index is 0.0259. The smallest absolute Gasteiger partial charge is 0.306 e. The quantitative estimate of drug-likeness (QED) is 0.247. The molecule has 2 heterocycles. The molecule has 2 aliphatic carbocycles. The fraction of sp³-hybridized carbons (Fsp3) is 0.880. The summed E-state index contributed by atoms with van der Waals surface area (Å²) in [5, 5.41) is 23.0. The van der Waals surface area contributed by atoms with Crippen molar-refractivity contribution in [3.63, 3.8) is 0 Å². The molecular weight excluding hydrogens is 396 g/mol. The Kier molecular flexibility index (Phi) is 6.32. The lowest BCUT2D eigenvalue weighted by atomic mass is 9.53. The van der Waals surface area contributed by atoms with Crippen LogP contribution in [0.2, 0.25) is 0 Å². The predicted octanol–water partition coefficient (Wildman–Crippen LogP) is 3.88. The summed E-state index contributed by atoms with van der Waals surface area (Å²) < 4.78 is 17.7. The molecule has 0 spiro atoms. The molecule has 6 heteroatoms. The highest BCUT2D eigenvalue weighted by atomic mass is 16.7. The average Bonchev–Trinajstić information content (AvgIpc) is 3.34. The number of carbonyl (C=O) groups excluding carboxylic acids is 1. The topological polar surface area (TPSA) is 88.5 Å². The molecule has 8 atom stereocenters. The van der Waals surface area contributed by atoms with Gasteiger partial charge in [0.25, 0.3) is 0 Å². The lowest BCUT2D eigenvalue weighted by molar-refractivity contribution is -0.313. The van der Waals surface area contributed by atoms with Crippen molar-refractivity contribution in [3.05, 3.63) is 12.2 Å². The standard InChI is InChI=1S/C25H40O6/c1-5-6-7-8-9-10-11-12-20(26)30-22-21-18(13-19-23(22,4)31-19)16(2)14-24(27)25(21,28)17(3)15-29-24/h16,18-19,21-22,27-28H,3,5-15H2,1-2,4H3. The Morgan fingerprint density at radius 2 is 1.87 bits per heavy atom. The molecular formula is C25H40O6. The maximum Gasteiger partial charge on any atom is 0.306 e. The van der Waals surface area contributed by atoms with Crippen molar-refractivity contribution >= 4 is 5.97 Å². The minimum Gasteiger partial charge on any atom is -0.459 e. The SMILES string of the molecule is C=C1COC2(O)CC(C)C3CC4OC4(C)C(OC(=O)CCCCCCCCC)C3C12O. The molecule has 4 fully saturated rings. The second-order valence-electron chi connectivity index (χ2n) is 10.6. The third kappa shape index (κ3) is 3.77. The van der Waals surface area contributed by atoms with Crippen molar-refractivity contribution < 1.29 is 29.2 Å². The molecule has 176 valence electrons. The van der Waals surface area contributed by atoms with Gasteiger partial charge in [0.15, 0.2) is 5.79 Å². The van der Waals surface area contributed by atoms with E-state index in [9.17, 15) is 15.0 Å². The summed E-state index contributed by atoms with van der Waals surface area (Å²) in [4.78, 5) is 12.8. The molecule has 0 aromatic rings. The van der Waals surface area contributed by atoms with E-state index in [-0.39, 0.29) is 30.5 Å². The Morgan fingerprint density at radius 3 is 2.58 bits per heavy atom. The van der Waals surface area contributed by atoms with Crippen molar-refractivity contribution in [2.24, 2.45) is 17.8 Å². The summed E-state index contributed by atoms with van der Waals surface area (Å²) in [6, 6.07) is 0. The Morgan fingerprint density at radius 1 is 1.19 bits per heavy atom. The Balaban J connectivity index is 1.45. The molecule has 2 saturated heterocycles. The molecule has 2 N–H and O–H groups in total. The maximum atomic E-state index is 12.8. The molecule has 2 saturated carbocycles. The van der Waals surface area contributed by atoms with Crippen LogP contribution < -0.4 is 0 Å². The first-order valence-electron chi connectivity index (χ1n) is 12.3. The fourth-order valence-electron chi connectivity index (χ4n) is 6.51. The number of rotatable bonds is 9. The molecule has 4 rings (SSSR count). The van der Waals surface area contributed by atoms with Crippen LogP contribution in [0.1, 0.15) is 85.0 Å². The van der Waals surface area contributed by atoms with E-state index in [0.717, 1.165) is 25.7 Å². The van der Waals surface area contributed by atoms with E-state index in [2.05, 4.69) is 20.4 Å². The summed E-state index contributed by atoms with van der Waals surface area (Å²) in [5.41, 5.74) is -1.78. The lowest BCUT2D eigenvalue weighted by Gasteiger charge is -2.56. The number of ether oxygens (including phenoxy) is 3. The highest BCUT2D eigenvalue weighted by Gasteiger charge is 2.77. The Bertz CT molecular complexity index is 708. The Hall–Kier alpha value is -0.950. The van der Waals surface area contributed by atoms with Crippen molar-refractivity contribution in [3.8, 4) is 0 Å². The van der Waals surface area contributed by atoms with Gasteiger partial charge in [0.1, 0.15) is 17.3 Å². The van der Waals surface area contributed by atoms with Crippen LogP contribution in [0, 0.1) is 17.8 Å². The van der Waals surface area contributed by atoms with Crippen LogP contribution in [0.25, 0.3) is 0 Å². The van der Waals surface area contributed by atoms with Gasteiger partial charge in [0.2, 0.25) is 0 Å². The van der Waals surface area contributed by atoms with Crippen LogP contribution >= 0.6 is 0 Å². The normalized spacial score (nSPS) is 45.6. The van der Waals surface area contributed by atoms with Gasteiger partial charge in [-0.05, 0) is 37.2 Å². The Labute approximate surface area is 186 Å². The first-order valence-corrected chi connectivity index (χ1v) is 12.3. The van der Waals surface area contributed by atoms with Gasteiger partial charge in [0, 0.05) is 18.8 Å². The number of hydrogen-bond donors (Lipinski definition) is 2. The van der Waals surface area contributed by atoms with E-state index < -0.39 is 29.0 Å².